The molecule has 0 radical (unpaired) electrons. The van der Waals surface area contributed by atoms with Crippen LogP contribution in [0.3, 0.4) is 0 Å². The molecule has 1 aromatic heterocycles. The molecule has 1 aromatic rings. The van der Waals surface area contributed by atoms with Crippen molar-refractivity contribution in [3.63, 3.8) is 0 Å². The number of nitrogens with one attached hydrogen (secondary N) is 2. The van der Waals surface area contributed by atoms with Crippen molar-refractivity contribution in [1.82, 2.24) is 15.3 Å². The fourth-order valence-corrected chi connectivity index (χ4v) is 2.00. The Balaban J connectivity index is 2.21. The zero-order valence-corrected chi connectivity index (χ0v) is 10.7. The lowest BCUT2D eigenvalue weighted by atomic mass is 10.3. The van der Waals surface area contributed by atoms with Crippen LogP contribution in [0.4, 0.5) is 11.6 Å². The quantitative estimate of drug-likeness (QED) is 0.811. The van der Waals surface area contributed by atoms with Gasteiger partial charge < -0.3 is 15.5 Å². The van der Waals surface area contributed by atoms with Crippen LogP contribution in [0.15, 0.2) is 6.07 Å². The van der Waals surface area contributed by atoms with E-state index in [0.29, 0.717) is 0 Å². The Morgan fingerprint density at radius 3 is 2.76 bits per heavy atom. The first kappa shape index (κ1) is 12.1. The van der Waals surface area contributed by atoms with E-state index < -0.39 is 0 Å². The molecule has 1 aliphatic heterocycles. The van der Waals surface area contributed by atoms with Crippen molar-refractivity contribution in [3.05, 3.63) is 11.9 Å². The molecule has 5 heteroatoms. The normalized spacial score (nSPS) is 16.0. The maximum Gasteiger partial charge on any atom is 0.134 e. The first-order valence-electron chi connectivity index (χ1n) is 6.35. The lowest BCUT2D eigenvalue weighted by molar-refractivity contribution is 0.583. The Hall–Kier alpha value is -1.36. The third kappa shape index (κ3) is 3.06. The molecule has 0 saturated carbocycles. The van der Waals surface area contributed by atoms with Gasteiger partial charge in [-0.2, -0.15) is 0 Å². The van der Waals surface area contributed by atoms with E-state index in [1.165, 1.54) is 0 Å². The molecule has 0 atom stereocenters. The second-order valence-corrected chi connectivity index (χ2v) is 4.26. The summed E-state index contributed by atoms with van der Waals surface area (Å²) >= 11 is 0. The molecule has 0 amide bonds. The van der Waals surface area contributed by atoms with Crippen molar-refractivity contribution in [1.29, 1.82) is 0 Å². The number of rotatable bonds is 4. The number of hydrogen-bond acceptors (Lipinski definition) is 5. The maximum atomic E-state index is 4.64. The van der Waals surface area contributed by atoms with E-state index in [1.54, 1.807) is 0 Å². The molecule has 17 heavy (non-hydrogen) atoms. The zero-order chi connectivity index (χ0) is 12.1. The Labute approximate surface area is 103 Å². The van der Waals surface area contributed by atoms with Gasteiger partial charge in [0.25, 0.3) is 0 Å². The molecule has 1 saturated heterocycles. The molecular formula is C12H21N5. The van der Waals surface area contributed by atoms with Gasteiger partial charge in [-0.15, -0.1) is 0 Å². The van der Waals surface area contributed by atoms with Gasteiger partial charge in [-0.05, 0) is 6.42 Å². The van der Waals surface area contributed by atoms with Gasteiger partial charge in [0, 0.05) is 45.7 Å². The SMILES string of the molecule is CCCc1nc(NC)cc(N2CCNCC2)n1. The third-order valence-corrected chi connectivity index (χ3v) is 2.93. The van der Waals surface area contributed by atoms with Crippen LogP contribution in [0.25, 0.3) is 0 Å². The van der Waals surface area contributed by atoms with Gasteiger partial charge in [0.1, 0.15) is 17.5 Å². The molecule has 2 rings (SSSR count). The monoisotopic (exact) mass is 235 g/mol. The summed E-state index contributed by atoms with van der Waals surface area (Å²) in [5, 5.41) is 6.46. The van der Waals surface area contributed by atoms with E-state index in [2.05, 4.69) is 32.4 Å². The maximum absolute atomic E-state index is 4.64. The topological polar surface area (TPSA) is 53.1 Å². The van der Waals surface area contributed by atoms with E-state index in [0.717, 1.165) is 56.5 Å². The first-order chi connectivity index (χ1) is 8.33. The summed E-state index contributed by atoms with van der Waals surface area (Å²) in [4.78, 5) is 11.4. The summed E-state index contributed by atoms with van der Waals surface area (Å²) in [6, 6.07) is 2.03. The summed E-state index contributed by atoms with van der Waals surface area (Å²) < 4.78 is 0. The van der Waals surface area contributed by atoms with Crippen molar-refractivity contribution in [2.45, 2.75) is 19.8 Å². The number of aryl methyl sites for hydroxylation is 1. The van der Waals surface area contributed by atoms with Gasteiger partial charge in [0.05, 0.1) is 0 Å². The molecule has 5 nitrogen and oxygen atoms in total. The van der Waals surface area contributed by atoms with Crippen molar-refractivity contribution in [2.24, 2.45) is 0 Å². The van der Waals surface area contributed by atoms with Crippen LogP contribution in [-0.4, -0.2) is 43.2 Å². The second-order valence-electron chi connectivity index (χ2n) is 4.26. The predicted octanol–water partition coefficient (Wildman–Crippen LogP) is 0.880. The van der Waals surface area contributed by atoms with Crippen molar-refractivity contribution in [3.8, 4) is 0 Å². The van der Waals surface area contributed by atoms with E-state index in [9.17, 15) is 0 Å². The summed E-state index contributed by atoms with van der Waals surface area (Å²) in [6.07, 6.45) is 2.02. The first-order valence-corrected chi connectivity index (χ1v) is 6.35. The molecule has 2 N–H and O–H groups in total. The summed E-state index contributed by atoms with van der Waals surface area (Å²) in [7, 11) is 1.90. The van der Waals surface area contributed by atoms with Crippen LogP contribution in [0.2, 0.25) is 0 Å². The van der Waals surface area contributed by atoms with Crippen LogP contribution in [0.5, 0.6) is 0 Å². The molecular weight excluding hydrogens is 214 g/mol. The minimum absolute atomic E-state index is 0.914. The lowest BCUT2D eigenvalue weighted by Gasteiger charge is -2.28. The minimum atomic E-state index is 0.914. The number of anilines is 2. The molecule has 1 fully saturated rings. The van der Waals surface area contributed by atoms with Gasteiger partial charge in [0.2, 0.25) is 0 Å². The molecule has 0 unspecified atom stereocenters. The fraction of sp³-hybridized carbons (Fsp3) is 0.667. The minimum Gasteiger partial charge on any atom is -0.373 e. The summed E-state index contributed by atoms with van der Waals surface area (Å²) in [6.45, 7) is 6.25. The van der Waals surface area contributed by atoms with E-state index in [4.69, 9.17) is 0 Å². The van der Waals surface area contributed by atoms with Gasteiger partial charge in [-0.25, -0.2) is 9.97 Å². The van der Waals surface area contributed by atoms with Crippen molar-refractivity contribution < 1.29 is 0 Å². The van der Waals surface area contributed by atoms with Crippen LogP contribution in [-0.2, 0) is 6.42 Å². The number of aromatic nitrogens is 2. The fourth-order valence-electron chi connectivity index (χ4n) is 2.00. The Bertz CT molecular complexity index is 360. The van der Waals surface area contributed by atoms with Crippen LogP contribution in [0.1, 0.15) is 19.2 Å². The van der Waals surface area contributed by atoms with Gasteiger partial charge in [-0.1, -0.05) is 6.92 Å². The lowest BCUT2D eigenvalue weighted by Crippen LogP contribution is -2.44. The van der Waals surface area contributed by atoms with Gasteiger partial charge in [-0.3, -0.25) is 0 Å². The highest BCUT2D eigenvalue weighted by atomic mass is 15.2. The smallest absolute Gasteiger partial charge is 0.134 e. The molecule has 2 heterocycles. The highest BCUT2D eigenvalue weighted by molar-refractivity contribution is 5.49. The molecule has 0 spiro atoms. The Kier molecular flexibility index (Phi) is 4.14. The Morgan fingerprint density at radius 1 is 1.35 bits per heavy atom. The van der Waals surface area contributed by atoms with Crippen LogP contribution >= 0.6 is 0 Å². The number of piperazine rings is 1. The van der Waals surface area contributed by atoms with Crippen molar-refractivity contribution in [2.75, 3.05) is 43.4 Å². The molecule has 0 aliphatic carbocycles. The Morgan fingerprint density at radius 2 is 2.12 bits per heavy atom. The van der Waals surface area contributed by atoms with E-state index in [1.807, 2.05) is 13.1 Å². The third-order valence-electron chi connectivity index (χ3n) is 2.93. The second kappa shape index (κ2) is 5.82. The highest BCUT2D eigenvalue weighted by Gasteiger charge is 2.13. The summed E-state index contributed by atoms with van der Waals surface area (Å²) in [5.41, 5.74) is 0. The number of hydrogen-bond donors (Lipinski definition) is 2. The average Bonchev–Trinajstić information content (AvgIpc) is 2.40. The predicted molar refractivity (Wildman–Crippen MR) is 70.7 cm³/mol. The van der Waals surface area contributed by atoms with Crippen molar-refractivity contribution >= 4 is 11.6 Å². The van der Waals surface area contributed by atoms with E-state index >= 15 is 0 Å². The highest BCUT2D eigenvalue weighted by Crippen LogP contribution is 2.16. The molecule has 0 aromatic carbocycles. The van der Waals surface area contributed by atoms with Crippen LogP contribution in [0, 0.1) is 0 Å². The average molecular weight is 235 g/mol. The van der Waals surface area contributed by atoms with Crippen LogP contribution < -0.4 is 15.5 Å². The van der Waals surface area contributed by atoms with Gasteiger partial charge in [0.15, 0.2) is 0 Å². The van der Waals surface area contributed by atoms with Gasteiger partial charge >= 0.3 is 0 Å². The summed E-state index contributed by atoms with van der Waals surface area (Å²) in [5.74, 6) is 2.90. The zero-order valence-electron chi connectivity index (χ0n) is 10.7. The largest absolute Gasteiger partial charge is 0.373 e. The molecule has 94 valence electrons. The number of nitrogens with zero attached hydrogens (tertiary/aromatic N) is 3. The molecule has 0 bridgehead atoms. The standard InChI is InChI=1S/C12H21N5/c1-3-4-10-15-11(13-2)9-12(16-10)17-7-5-14-6-8-17/h9,14H,3-8H2,1-2H3,(H,13,15,16). The van der Waals surface area contributed by atoms with E-state index in [-0.39, 0.29) is 0 Å². The molecule has 1 aliphatic rings.